The van der Waals surface area contributed by atoms with Crippen molar-refractivity contribution < 1.29 is 14.6 Å². The maximum Gasteiger partial charge on any atom is 0.225 e. The van der Waals surface area contributed by atoms with E-state index in [-0.39, 0.29) is 11.8 Å². The van der Waals surface area contributed by atoms with Gasteiger partial charge < -0.3 is 14.7 Å². The van der Waals surface area contributed by atoms with Crippen LogP contribution in [0.5, 0.6) is 0 Å². The molecule has 2 heterocycles. The van der Waals surface area contributed by atoms with E-state index in [2.05, 4.69) is 0 Å². The van der Waals surface area contributed by atoms with Gasteiger partial charge in [-0.2, -0.15) is 0 Å². The fraction of sp³-hybridized carbons (Fsp3) is 0.917. The number of aliphatic hydroxyl groups is 1. The number of piperidine rings is 1. The molecule has 2 aliphatic heterocycles. The van der Waals surface area contributed by atoms with Gasteiger partial charge in [0.15, 0.2) is 0 Å². The summed E-state index contributed by atoms with van der Waals surface area (Å²) in [6.07, 6.45) is 3.36. The Hall–Kier alpha value is -0.610. The Bertz CT molecular complexity index is 259. The van der Waals surface area contributed by atoms with Gasteiger partial charge in [-0.3, -0.25) is 4.79 Å². The van der Waals surface area contributed by atoms with Crippen molar-refractivity contribution in [3.05, 3.63) is 0 Å². The quantitative estimate of drug-likeness (QED) is 0.720. The van der Waals surface area contributed by atoms with Crippen LogP contribution in [0, 0.1) is 5.92 Å². The minimum absolute atomic E-state index is 0.114. The number of hydrogen-bond donors (Lipinski definition) is 1. The highest BCUT2D eigenvalue weighted by Gasteiger charge is 2.34. The molecule has 16 heavy (non-hydrogen) atoms. The number of hydrogen-bond acceptors (Lipinski definition) is 3. The molecule has 4 nitrogen and oxygen atoms in total. The smallest absolute Gasteiger partial charge is 0.225 e. The largest absolute Gasteiger partial charge is 0.388 e. The van der Waals surface area contributed by atoms with Gasteiger partial charge in [0, 0.05) is 32.2 Å². The molecule has 0 saturated carbocycles. The molecule has 1 N–H and O–H groups in total. The molecule has 0 aliphatic carbocycles. The third kappa shape index (κ3) is 2.74. The van der Waals surface area contributed by atoms with Gasteiger partial charge in [0.05, 0.1) is 5.60 Å². The average molecular weight is 227 g/mol. The summed E-state index contributed by atoms with van der Waals surface area (Å²) in [5.41, 5.74) is -0.695. The second-order valence-corrected chi connectivity index (χ2v) is 5.25. The van der Waals surface area contributed by atoms with Crippen LogP contribution in [0.4, 0.5) is 0 Å². The second kappa shape index (κ2) is 4.72. The number of amides is 1. The summed E-state index contributed by atoms with van der Waals surface area (Å²) in [5.74, 6) is 0.325. The van der Waals surface area contributed by atoms with Crippen molar-refractivity contribution in [3.63, 3.8) is 0 Å². The minimum atomic E-state index is -0.695. The molecule has 0 aromatic carbocycles. The lowest BCUT2D eigenvalue weighted by Gasteiger charge is -2.39. The standard InChI is InChI=1S/C12H21NO3/c1-12(15)5-2-6-13(9-12)11(14)10-3-7-16-8-4-10/h10,15H,2-9H2,1H3. The lowest BCUT2D eigenvalue weighted by atomic mass is 9.92. The van der Waals surface area contributed by atoms with Crippen LogP contribution in [0.15, 0.2) is 0 Å². The highest BCUT2D eigenvalue weighted by Crippen LogP contribution is 2.24. The Morgan fingerprint density at radius 2 is 2.12 bits per heavy atom. The minimum Gasteiger partial charge on any atom is -0.388 e. The topological polar surface area (TPSA) is 49.8 Å². The predicted octanol–water partition coefficient (Wildman–Crippen LogP) is 0.786. The molecule has 0 bridgehead atoms. The SMILES string of the molecule is CC1(O)CCCN(C(=O)C2CCOCC2)C1. The highest BCUT2D eigenvalue weighted by molar-refractivity contribution is 5.79. The monoisotopic (exact) mass is 227 g/mol. The van der Waals surface area contributed by atoms with Crippen molar-refractivity contribution in [3.8, 4) is 0 Å². The number of rotatable bonds is 1. The number of nitrogens with zero attached hydrogens (tertiary/aromatic N) is 1. The van der Waals surface area contributed by atoms with Crippen LogP contribution in [0.3, 0.4) is 0 Å². The van der Waals surface area contributed by atoms with Crippen molar-refractivity contribution in [2.24, 2.45) is 5.92 Å². The first kappa shape index (κ1) is 11.9. The van der Waals surface area contributed by atoms with Crippen molar-refractivity contribution in [2.75, 3.05) is 26.3 Å². The zero-order valence-electron chi connectivity index (χ0n) is 9.95. The molecule has 2 rings (SSSR count). The van der Waals surface area contributed by atoms with Crippen LogP contribution < -0.4 is 0 Å². The van der Waals surface area contributed by atoms with E-state index in [0.717, 1.165) is 32.2 Å². The molecule has 2 fully saturated rings. The summed E-state index contributed by atoms with van der Waals surface area (Å²) in [6, 6.07) is 0. The maximum absolute atomic E-state index is 12.2. The molecule has 0 spiro atoms. The number of ether oxygens (including phenoxy) is 1. The third-order valence-electron chi connectivity index (χ3n) is 3.56. The number of carbonyl (C=O) groups is 1. The first-order chi connectivity index (χ1) is 7.58. The Morgan fingerprint density at radius 3 is 2.75 bits per heavy atom. The molecule has 1 unspecified atom stereocenters. The van der Waals surface area contributed by atoms with Gasteiger partial charge in [0.25, 0.3) is 0 Å². The number of carbonyl (C=O) groups excluding carboxylic acids is 1. The van der Waals surface area contributed by atoms with Gasteiger partial charge in [0.1, 0.15) is 0 Å². The molecule has 0 aromatic heterocycles. The van der Waals surface area contributed by atoms with E-state index in [9.17, 15) is 9.90 Å². The zero-order chi connectivity index (χ0) is 11.6. The summed E-state index contributed by atoms with van der Waals surface area (Å²) < 4.78 is 5.26. The van der Waals surface area contributed by atoms with E-state index in [1.165, 1.54) is 0 Å². The van der Waals surface area contributed by atoms with Gasteiger partial charge in [-0.15, -0.1) is 0 Å². The van der Waals surface area contributed by atoms with Crippen molar-refractivity contribution in [1.29, 1.82) is 0 Å². The van der Waals surface area contributed by atoms with Crippen molar-refractivity contribution in [1.82, 2.24) is 4.90 Å². The van der Waals surface area contributed by atoms with Crippen LogP contribution in [-0.4, -0.2) is 47.8 Å². The summed E-state index contributed by atoms with van der Waals surface area (Å²) in [5, 5.41) is 9.97. The van der Waals surface area contributed by atoms with Crippen molar-refractivity contribution >= 4 is 5.91 Å². The van der Waals surface area contributed by atoms with E-state index in [1.807, 2.05) is 11.8 Å². The lowest BCUT2D eigenvalue weighted by Crippen LogP contribution is -2.50. The van der Waals surface area contributed by atoms with E-state index >= 15 is 0 Å². The molecular weight excluding hydrogens is 206 g/mol. The van der Waals surface area contributed by atoms with E-state index < -0.39 is 5.60 Å². The van der Waals surface area contributed by atoms with E-state index in [0.29, 0.717) is 19.8 Å². The Labute approximate surface area is 96.6 Å². The normalized spacial score (nSPS) is 32.8. The van der Waals surface area contributed by atoms with Crippen molar-refractivity contribution in [2.45, 2.75) is 38.2 Å². The van der Waals surface area contributed by atoms with Crippen LogP contribution in [-0.2, 0) is 9.53 Å². The number of likely N-dealkylation sites (tertiary alicyclic amines) is 1. The summed E-state index contributed by atoms with van der Waals surface area (Å²) >= 11 is 0. The van der Waals surface area contributed by atoms with Crippen LogP contribution >= 0.6 is 0 Å². The van der Waals surface area contributed by atoms with Gasteiger partial charge in [-0.05, 0) is 32.6 Å². The Morgan fingerprint density at radius 1 is 1.44 bits per heavy atom. The average Bonchev–Trinajstić information content (AvgIpc) is 2.28. The highest BCUT2D eigenvalue weighted by atomic mass is 16.5. The zero-order valence-corrected chi connectivity index (χ0v) is 9.95. The fourth-order valence-corrected chi connectivity index (χ4v) is 2.61. The Balaban J connectivity index is 1.93. The molecule has 1 atom stereocenters. The fourth-order valence-electron chi connectivity index (χ4n) is 2.61. The van der Waals surface area contributed by atoms with Crippen LogP contribution in [0.2, 0.25) is 0 Å². The molecule has 0 radical (unpaired) electrons. The molecule has 2 aliphatic rings. The lowest BCUT2D eigenvalue weighted by molar-refractivity contribution is -0.144. The first-order valence-corrected chi connectivity index (χ1v) is 6.17. The predicted molar refractivity (Wildman–Crippen MR) is 60.0 cm³/mol. The molecule has 92 valence electrons. The first-order valence-electron chi connectivity index (χ1n) is 6.17. The third-order valence-corrected chi connectivity index (χ3v) is 3.56. The summed E-state index contributed by atoms with van der Waals surface area (Å²) in [7, 11) is 0. The van der Waals surface area contributed by atoms with E-state index in [4.69, 9.17) is 4.74 Å². The van der Waals surface area contributed by atoms with Crippen LogP contribution in [0.1, 0.15) is 32.6 Å². The molecule has 2 saturated heterocycles. The molecular formula is C12H21NO3. The van der Waals surface area contributed by atoms with Crippen LogP contribution in [0.25, 0.3) is 0 Å². The summed E-state index contributed by atoms with van der Waals surface area (Å²) in [6.45, 7) is 4.49. The molecule has 1 amide bonds. The molecule has 0 aromatic rings. The van der Waals surface area contributed by atoms with E-state index in [1.54, 1.807) is 0 Å². The Kier molecular flexibility index (Phi) is 3.50. The van der Waals surface area contributed by atoms with Gasteiger partial charge in [-0.1, -0.05) is 0 Å². The molecule has 4 heteroatoms. The number of β-amino-alcohol motifs (C(OH)–C–C–N with tert-alkyl or cyclic N) is 1. The summed E-state index contributed by atoms with van der Waals surface area (Å²) in [4.78, 5) is 14.0. The van der Waals surface area contributed by atoms with Gasteiger partial charge in [-0.25, -0.2) is 0 Å². The maximum atomic E-state index is 12.2. The van der Waals surface area contributed by atoms with Gasteiger partial charge in [0.2, 0.25) is 5.91 Å². The van der Waals surface area contributed by atoms with Gasteiger partial charge >= 0.3 is 0 Å². The second-order valence-electron chi connectivity index (χ2n) is 5.25.